The van der Waals surface area contributed by atoms with Crippen molar-refractivity contribution in [3.63, 3.8) is 0 Å². The Bertz CT molecular complexity index is 380. The van der Waals surface area contributed by atoms with E-state index in [1.165, 1.54) is 0 Å². The summed E-state index contributed by atoms with van der Waals surface area (Å²) < 4.78 is 1.96. The molecule has 1 aliphatic rings. The molecule has 3 heteroatoms. The number of hydrogen-bond acceptors (Lipinski definition) is 2. The van der Waals surface area contributed by atoms with Crippen LogP contribution >= 0.6 is 0 Å². The van der Waals surface area contributed by atoms with Gasteiger partial charge in [0.25, 0.3) is 0 Å². The lowest BCUT2D eigenvalue weighted by Gasteiger charge is -2.33. The fraction of sp³-hybridized carbons (Fsp3) is 0.667. The SMILES string of the molecule is CC(C)Cn1ccc(C2(C#N)CCC2)n1. The average molecular weight is 203 g/mol. The van der Waals surface area contributed by atoms with Crippen LogP contribution in [-0.2, 0) is 12.0 Å². The zero-order valence-electron chi connectivity index (χ0n) is 9.40. The summed E-state index contributed by atoms with van der Waals surface area (Å²) in [6.45, 7) is 5.27. The number of hydrogen-bond donors (Lipinski definition) is 0. The second kappa shape index (κ2) is 3.69. The predicted octanol–water partition coefficient (Wildman–Crippen LogP) is 2.48. The molecule has 0 saturated heterocycles. The molecule has 0 amide bonds. The van der Waals surface area contributed by atoms with Crippen LogP contribution in [0.5, 0.6) is 0 Å². The summed E-state index contributed by atoms with van der Waals surface area (Å²) >= 11 is 0. The van der Waals surface area contributed by atoms with Gasteiger partial charge in [-0.3, -0.25) is 4.68 Å². The molecule has 0 bridgehead atoms. The molecule has 2 rings (SSSR count). The molecule has 1 fully saturated rings. The van der Waals surface area contributed by atoms with E-state index in [9.17, 15) is 5.26 Å². The highest BCUT2D eigenvalue weighted by Crippen LogP contribution is 2.42. The van der Waals surface area contributed by atoms with E-state index >= 15 is 0 Å². The summed E-state index contributed by atoms with van der Waals surface area (Å²) in [5, 5.41) is 13.7. The van der Waals surface area contributed by atoms with Crippen LogP contribution in [0, 0.1) is 17.2 Å². The number of nitriles is 1. The normalized spacial score (nSPS) is 18.5. The Morgan fingerprint density at radius 3 is 2.80 bits per heavy atom. The van der Waals surface area contributed by atoms with E-state index in [0.717, 1.165) is 31.5 Å². The summed E-state index contributed by atoms with van der Waals surface area (Å²) in [4.78, 5) is 0. The van der Waals surface area contributed by atoms with Crippen molar-refractivity contribution in [3.8, 4) is 6.07 Å². The van der Waals surface area contributed by atoms with Crippen LogP contribution in [0.2, 0.25) is 0 Å². The van der Waals surface area contributed by atoms with Gasteiger partial charge in [-0.15, -0.1) is 0 Å². The molecule has 0 unspecified atom stereocenters. The van der Waals surface area contributed by atoms with Crippen LogP contribution in [0.15, 0.2) is 12.3 Å². The summed E-state index contributed by atoms with van der Waals surface area (Å²) in [5.74, 6) is 0.595. The Morgan fingerprint density at radius 2 is 2.33 bits per heavy atom. The minimum absolute atomic E-state index is 0.262. The van der Waals surface area contributed by atoms with Gasteiger partial charge in [-0.25, -0.2) is 0 Å². The van der Waals surface area contributed by atoms with E-state index in [-0.39, 0.29) is 5.41 Å². The molecule has 0 aromatic carbocycles. The van der Waals surface area contributed by atoms with Crippen molar-refractivity contribution in [1.29, 1.82) is 5.26 Å². The summed E-state index contributed by atoms with van der Waals surface area (Å²) in [6, 6.07) is 4.43. The highest BCUT2D eigenvalue weighted by atomic mass is 15.3. The van der Waals surface area contributed by atoms with Crippen LogP contribution in [0.25, 0.3) is 0 Å². The highest BCUT2D eigenvalue weighted by Gasteiger charge is 2.41. The van der Waals surface area contributed by atoms with Crippen molar-refractivity contribution < 1.29 is 0 Å². The summed E-state index contributed by atoms with van der Waals surface area (Å²) in [5.41, 5.74) is 0.708. The maximum Gasteiger partial charge on any atom is 0.101 e. The van der Waals surface area contributed by atoms with Crippen molar-refractivity contribution in [2.45, 2.75) is 45.1 Å². The quantitative estimate of drug-likeness (QED) is 0.757. The fourth-order valence-electron chi connectivity index (χ4n) is 2.05. The molecule has 1 aliphatic carbocycles. The maximum absolute atomic E-state index is 9.18. The van der Waals surface area contributed by atoms with Crippen LogP contribution in [0.1, 0.15) is 38.8 Å². The Labute approximate surface area is 90.7 Å². The Balaban J connectivity index is 2.17. The highest BCUT2D eigenvalue weighted by molar-refractivity contribution is 5.28. The van der Waals surface area contributed by atoms with Crippen LogP contribution in [0.4, 0.5) is 0 Å². The van der Waals surface area contributed by atoms with Gasteiger partial charge >= 0.3 is 0 Å². The standard InChI is InChI=1S/C12H17N3/c1-10(2)8-15-7-4-11(14-15)12(9-13)5-3-6-12/h4,7,10H,3,5-6,8H2,1-2H3. The van der Waals surface area contributed by atoms with Crippen LogP contribution in [-0.4, -0.2) is 9.78 Å². The number of rotatable bonds is 3. The van der Waals surface area contributed by atoms with Gasteiger partial charge in [-0.1, -0.05) is 13.8 Å². The lowest BCUT2D eigenvalue weighted by molar-refractivity contribution is 0.311. The Hall–Kier alpha value is -1.30. The third-order valence-corrected chi connectivity index (χ3v) is 3.10. The molecule has 1 aromatic heterocycles. The average Bonchev–Trinajstić information content (AvgIpc) is 2.51. The lowest BCUT2D eigenvalue weighted by Crippen LogP contribution is -2.33. The minimum Gasteiger partial charge on any atom is -0.272 e. The molecule has 80 valence electrons. The van der Waals surface area contributed by atoms with E-state index in [1.54, 1.807) is 0 Å². The molecule has 0 radical (unpaired) electrons. The van der Waals surface area contributed by atoms with Crippen LogP contribution in [0.3, 0.4) is 0 Å². The van der Waals surface area contributed by atoms with E-state index in [1.807, 2.05) is 16.9 Å². The van der Waals surface area contributed by atoms with Gasteiger partial charge < -0.3 is 0 Å². The molecule has 1 heterocycles. The van der Waals surface area contributed by atoms with Gasteiger partial charge in [0.1, 0.15) is 5.41 Å². The second-order valence-corrected chi connectivity index (χ2v) is 4.86. The second-order valence-electron chi connectivity index (χ2n) is 4.86. The minimum atomic E-state index is -0.262. The molecular formula is C12H17N3. The maximum atomic E-state index is 9.18. The molecule has 15 heavy (non-hydrogen) atoms. The van der Waals surface area contributed by atoms with Crippen molar-refractivity contribution >= 4 is 0 Å². The zero-order valence-corrected chi connectivity index (χ0v) is 9.40. The Kier molecular flexibility index (Phi) is 2.52. The van der Waals surface area contributed by atoms with Gasteiger partial charge in [0, 0.05) is 12.7 Å². The van der Waals surface area contributed by atoms with Gasteiger partial charge in [-0.2, -0.15) is 10.4 Å². The monoisotopic (exact) mass is 203 g/mol. The van der Waals surface area contributed by atoms with Gasteiger partial charge in [-0.05, 0) is 31.2 Å². The Morgan fingerprint density at radius 1 is 1.60 bits per heavy atom. The van der Waals surface area contributed by atoms with Gasteiger partial charge in [0.05, 0.1) is 11.8 Å². The van der Waals surface area contributed by atoms with Crippen molar-refractivity contribution in [3.05, 3.63) is 18.0 Å². The summed E-state index contributed by atoms with van der Waals surface area (Å²) in [7, 11) is 0. The number of aromatic nitrogens is 2. The fourth-order valence-corrected chi connectivity index (χ4v) is 2.05. The third kappa shape index (κ3) is 1.77. The van der Waals surface area contributed by atoms with E-state index in [0.29, 0.717) is 5.92 Å². The van der Waals surface area contributed by atoms with E-state index in [4.69, 9.17) is 0 Å². The molecular weight excluding hydrogens is 186 g/mol. The largest absolute Gasteiger partial charge is 0.272 e. The molecule has 0 aliphatic heterocycles. The first-order chi connectivity index (χ1) is 7.16. The van der Waals surface area contributed by atoms with Crippen molar-refractivity contribution in [2.24, 2.45) is 5.92 Å². The molecule has 1 aromatic rings. The molecule has 3 nitrogen and oxygen atoms in total. The molecule has 0 atom stereocenters. The van der Waals surface area contributed by atoms with E-state index in [2.05, 4.69) is 25.0 Å². The topological polar surface area (TPSA) is 41.6 Å². The smallest absolute Gasteiger partial charge is 0.101 e. The molecule has 0 N–H and O–H groups in total. The van der Waals surface area contributed by atoms with Crippen molar-refractivity contribution in [1.82, 2.24) is 9.78 Å². The van der Waals surface area contributed by atoms with Gasteiger partial charge in [0.15, 0.2) is 0 Å². The predicted molar refractivity (Wildman–Crippen MR) is 58.2 cm³/mol. The number of nitrogens with zero attached hydrogens (tertiary/aromatic N) is 3. The molecule has 1 saturated carbocycles. The lowest BCUT2D eigenvalue weighted by atomic mass is 9.68. The third-order valence-electron chi connectivity index (χ3n) is 3.10. The van der Waals surface area contributed by atoms with Crippen molar-refractivity contribution in [2.75, 3.05) is 0 Å². The zero-order chi connectivity index (χ0) is 10.9. The van der Waals surface area contributed by atoms with Gasteiger partial charge in [0.2, 0.25) is 0 Å². The van der Waals surface area contributed by atoms with E-state index < -0.39 is 0 Å². The van der Waals surface area contributed by atoms with Crippen LogP contribution < -0.4 is 0 Å². The summed E-state index contributed by atoms with van der Waals surface area (Å²) in [6.07, 6.45) is 5.10. The first-order valence-corrected chi connectivity index (χ1v) is 5.61. The molecule has 0 spiro atoms. The first kappa shape index (κ1) is 10.2. The first-order valence-electron chi connectivity index (χ1n) is 5.61.